The molecule has 0 radical (unpaired) electrons. The van der Waals surface area contributed by atoms with Crippen LogP contribution >= 0.6 is 0 Å². The van der Waals surface area contributed by atoms with Crippen molar-refractivity contribution in [2.24, 2.45) is 0 Å². The monoisotopic (exact) mass is 168 g/mol. The lowest BCUT2D eigenvalue weighted by Gasteiger charge is -2.38. The summed E-state index contributed by atoms with van der Waals surface area (Å²) in [7, 11) is 0. The third-order valence-electron chi connectivity index (χ3n) is 3.08. The van der Waals surface area contributed by atoms with Gasteiger partial charge in [0.1, 0.15) is 0 Å². The summed E-state index contributed by atoms with van der Waals surface area (Å²) in [6.07, 6.45) is 5.04. The van der Waals surface area contributed by atoms with Crippen molar-refractivity contribution in [1.29, 1.82) is 0 Å². The summed E-state index contributed by atoms with van der Waals surface area (Å²) < 4.78 is 0. The van der Waals surface area contributed by atoms with Crippen LogP contribution in [0.1, 0.15) is 32.6 Å². The Labute approximate surface area is 72.9 Å². The first-order valence-electron chi connectivity index (χ1n) is 4.77. The molecular weight excluding hydrogens is 152 g/mol. The van der Waals surface area contributed by atoms with Crippen LogP contribution in [0.5, 0.6) is 0 Å². The smallest absolute Gasteiger partial charge is 0.236 e. The second-order valence-corrected chi connectivity index (χ2v) is 4.07. The van der Waals surface area contributed by atoms with Crippen LogP contribution in [0.25, 0.3) is 0 Å². The maximum atomic E-state index is 11.2. The Morgan fingerprint density at radius 3 is 2.67 bits per heavy atom. The molecule has 1 aliphatic heterocycles. The average molecular weight is 168 g/mol. The van der Waals surface area contributed by atoms with Gasteiger partial charge in [-0.25, -0.2) is 0 Å². The van der Waals surface area contributed by atoms with Gasteiger partial charge in [-0.3, -0.25) is 10.1 Å². The Morgan fingerprint density at radius 1 is 1.42 bits per heavy atom. The Morgan fingerprint density at radius 2 is 2.08 bits per heavy atom. The topological polar surface area (TPSA) is 41.1 Å². The molecule has 2 fully saturated rings. The zero-order chi connectivity index (χ0) is 8.60. The van der Waals surface area contributed by atoms with Crippen LogP contribution in [-0.2, 0) is 4.79 Å². The van der Waals surface area contributed by atoms with E-state index in [4.69, 9.17) is 0 Å². The number of hydrogen-bond donors (Lipinski definition) is 2. The Balaban J connectivity index is 2.05. The van der Waals surface area contributed by atoms with E-state index in [1.54, 1.807) is 0 Å². The van der Waals surface area contributed by atoms with E-state index < -0.39 is 0 Å². The van der Waals surface area contributed by atoms with E-state index in [9.17, 15) is 4.79 Å². The van der Waals surface area contributed by atoms with E-state index in [2.05, 4.69) is 10.6 Å². The lowest BCUT2D eigenvalue weighted by Crippen LogP contribution is -2.64. The predicted molar refractivity (Wildman–Crippen MR) is 46.8 cm³/mol. The van der Waals surface area contributed by atoms with Crippen molar-refractivity contribution < 1.29 is 4.79 Å². The summed E-state index contributed by atoms with van der Waals surface area (Å²) in [5.74, 6) is 0.146. The van der Waals surface area contributed by atoms with Crippen molar-refractivity contribution in [1.82, 2.24) is 10.6 Å². The number of carbonyl (C=O) groups excluding carboxylic acids is 1. The fourth-order valence-corrected chi connectivity index (χ4v) is 2.36. The van der Waals surface area contributed by atoms with E-state index in [1.807, 2.05) is 6.92 Å². The molecule has 1 atom stereocenters. The molecule has 2 rings (SSSR count). The number of piperazine rings is 1. The first kappa shape index (κ1) is 8.05. The second-order valence-electron chi connectivity index (χ2n) is 4.07. The van der Waals surface area contributed by atoms with E-state index >= 15 is 0 Å². The van der Waals surface area contributed by atoms with Crippen LogP contribution in [0.4, 0.5) is 0 Å². The van der Waals surface area contributed by atoms with Gasteiger partial charge < -0.3 is 5.32 Å². The standard InChI is InChI=1S/C9H16N2O/c1-7-8(12)10-6-9(11-7)4-2-3-5-9/h7,11H,2-6H2,1H3,(H,10,12). The SMILES string of the molecule is CC1NC2(CCCC2)CNC1=O. The van der Waals surface area contributed by atoms with E-state index in [-0.39, 0.29) is 17.5 Å². The Bertz CT molecular complexity index is 197. The average Bonchev–Trinajstić information content (AvgIpc) is 2.47. The molecule has 1 spiro atoms. The third kappa shape index (κ3) is 1.22. The normalized spacial score (nSPS) is 33.8. The third-order valence-corrected chi connectivity index (χ3v) is 3.08. The summed E-state index contributed by atoms with van der Waals surface area (Å²) in [6.45, 7) is 2.77. The van der Waals surface area contributed by atoms with Crippen LogP contribution in [0.2, 0.25) is 0 Å². The fourth-order valence-electron chi connectivity index (χ4n) is 2.36. The van der Waals surface area contributed by atoms with Gasteiger partial charge in [0, 0.05) is 12.1 Å². The minimum atomic E-state index is -0.00292. The molecule has 0 aromatic rings. The van der Waals surface area contributed by atoms with Gasteiger partial charge in [-0.1, -0.05) is 12.8 Å². The minimum absolute atomic E-state index is 0.00292. The fraction of sp³-hybridized carbons (Fsp3) is 0.889. The molecule has 12 heavy (non-hydrogen) atoms. The maximum Gasteiger partial charge on any atom is 0.236 e. The van der Waals surface area contributed by atoms with Crippen LogP contribution in [0.15, 0.2) is 0 Å². The molecule has 3 heteroatoms. The van der Waals surface area contributed by atoms with Crippen molar-refractivity contribution in [3.63, 3.8) is 0 Å². The van der Waals surface area contributed by atoms with Gasteiger partial charge in [-0.05, 0) is 19.8 Å². The molecule has 0 aromatic carbocycles. The van der Waals surface area contributed by atoms with Crippen LogP contribution < -0.4 is 10.6 Å². The highest BCUT2D eigenvalue weighted by Crippen LogP contribution is 2.30. The summed E-state index contributed by atoms with van der Waals surface area (Å²) in [5.41, 5.74) is 0.243. The van der Waals surface area contributed by atoms with Crippen molar-refractivity contribution in [3.8, 4) is 0 Å². The number of carbonyl (C=O) groups is 1. The largest absolute Gasteiger partial charge is 0.353 e. The van der Waals surface area contributed by atoms with Crippen molar-refractivity contribution >= 4 is 5.91 Å². The zero-order valence-corrected chi connectivity index (χ0v) is 7.52. The molecule has 1 saturated heterocycles. The van der Waals surface area contributed by atoms with Gasteiger partial charge in [0.25, 0.3) is 0 Å². The molecule has 1 amide bonds. The summed E-state index contributed by atoms with van der Waals surface area (Å²) in [6, 6.07) is -0.00292. The maximum absolute atomic E-state index is 11.2. The summed E-state index contributed by atoms with van der Waals surface area (Å²) in [4.78, 5) is 11.2. The predicted octanol–water partition coefficient (Wildman–Crippen LogP) is 0.407. The number of amides is 1. The Kier molecular flexibility index (Phi) is 1.83. The molecule has 1 saturated carbocycles. The van der Waals surface area contributed by atoms with Crippen molar-refractivity contribution in [3.05, 3.63) is 0 Å². The first-order chi connectivity index (χ1) is 5.72. The van der Waals surface area contributed by atoms with Crippen LogP contribution in [0.3, 0.4) is 0 Å². The molecule has 1 heterocycles. The number of hydrogen-bond acceptors (Lipinski definition) is 2. The first-order valence-corrected chi connectivity index (χ1v) is 4.77. The second kappa shape index (κ2) is 2.73. The molecule has 68 valence electrons. The van der Waals surface area contributed by atoms with Gasteiger partial charge in [-0.2, -0.15) is 0 Å². The molecule has 2 aliphatic rings. The quantitative estimate of drug-likeness (QED) is 0.550. The Hall–Kier alpha value is -0.570. The molecule has 3 nitrogen and oxygen atoms in total. The molecule has 0 aromatic heterocycles. The molecule has 1 aliphatic carbocycles. The minimum Gasteiger partial charge on any atom is -0.353 e. The molecule has 0 bridgehead atoms. The lowest BCUT2D eigenvalue weighted by atomic mass is 9.93. The summed E-state index contributed by atoms with van der Waals surface area (Å²) in [5, 5.41) is 6.39. The highest BCUT2D eigenvalue weighted by Gasteiger charge is 2.39. The molecule has 1 unspecified atom stereocenters. The zero-order valence-electron chi connectivity index (χ0n) is 7.52. The van der Waals surface area contributed by atoms with E-state index in [0.29, 0.717) is 0 Å². The van der Waals surface area contributed by atoms with Gasteiger partial charge in [0.15, 0.2) is 0 Å². The lowest BCUT2D eigenvalue weighted by molar-refractivity contribution is -0.125. The van der Waals surface area contributed by atoms with Gasteiger partial charge in [-0.15, -0.1) is 0 Å². The van der Waals surface area contributed by atoms with E-state index in [0.717, 1.165) is 6.54 Å². The van der Waals surface area contributed by atoms with Gasteiger partial charge in [0.05, 0.1) is 6.04 Å². The van der Waals surface area contributed by atoms with E-state index in [1.165, 1.54) is 25.7 Å². The van der Waals surface area contributed by atoms with Crippen molar-refractivity contribution in [2.75, 3.05) is 6.54 Å². The highest BCUT2D eigenvalue weighted by molar-refractivity contribution is 5.82. The molecule has 2 N–H and O–H groups in total. The van der Waals surface area contributed by atoms with Crippen LogP contribution in [-0.4, -0.2) is 24.0 Å². The van der Waals surface area contributed by atoms with Gasteiger partial charge >= 0.3 is 0 Å². The van der Waals surface area contributed by atoms with Gasteiger partial charge in [0.2, 0.25) is 5.91 Å². The molecular formula is C9H16N2O. The highest BCUT2D eigenvalue weighted by atomic mass is 16.2. The van der Waals surface area contributed by atoms with Crippen molar-refractivity contribution in [2.45, 2.75) is 44.2 Å². The number of nitrogens with one attached hydrogen (secondary N) is 2. The summed E-state index contributed by atoms with van der Waals surface area (Å²) >= 11 is 0. The van der Waals surface area contributed by atoms with Crippen LogP contribution in [0, 0.1) is 0 Å². The number of rotatable bonds is 0.